The molecular weight excluding hydrogens is 763 g/mol. The molecule has 2 unspecified atom stereocenters. The molecule has 0 heterocycles. The van der Waals surface area contributed by atoms with Crippen LogP contribution in [0, 0.1) is 0 Å². The second-order valence-corrected chi connectivity index (χ2v) is 17.1. The number of likely N-dealkylation sites (N-methyl/N-ethyl adjacent to an activating group) is 1. The molecule has 0 fully saturated rings. The molecule has 0 saturated heterocycles. The summed E-state index contributed by atoms with van der Waals surface area (Å²) >= 11 is 0. The lowest BCUT2D eigenvalue weighted by molar-refractivity contribution is -0.887. The standard InChI is InChI=1S/C53H89NO7/c1-6-8-10-12-14-16-18-20-22-24-25-26-28-29-31-33-35-37-39-41-43-51(55)60-48-49(47-59-46-45-50(53(57)58)54(3,4)5)61-52(56)44-42-40-38-36-34-32-30-27-23-21-19-17-15-13-11-9-7-2/h9,11,13,15,17,19,21,23,25-27,30,32,34,49-50H,6-8,10,12,14,16,18,20,22,24,28-29,31,33,35-48H2,1-5H3/p+1/b11-9+,15-13+,19-17+,23-21+,26-25+,30-27+,34-32+. The third-order valence-electron chi connectivity index (χ3n) is 10.4. The minimum atomic E-state index is -0.886. The highest BCUT2D eigenvalue weighted by atomic mass is 16.6. The number of ether oxygens (including phenoxy) is 3. The molecule has 0 rings (SSSR count). The lowest BCUT2D eigenvalue weighted by atomic mass is 10.1. The van der Waals surface area contributed by atoms with Crippen LogP contribution < -0.4 is 0 Å². The van der Waals surface area contributed by atoms with Gasteiger partial charge in [0.1, 0.15) is 6.61 Å². The van der Waals surface area contributed by atoms with Gasteiger partial charge in [0, 0.05) is 19.3 Å². The van der Waals surface area contributed by atoms with E-state index in [-0.39, 0.29) is 42.7 Å². The summed E-state index contributed by atoms with van der Waals surface area (Å²) in [5.41, 5.74) is 0. The van der Waals surface area contributed by atoms with Crippen LogP contribution in [0.3, 0.4) is 0 Å². The summed E-state index contributed by atoms with van der Waals surface area (Å²) in [7, 11) is 5.50. The van der Waals surface area contributed by atoms with E-state index >= 15 is 0 Å². The summed E-state index contributed by atoms with van der Waals surface area (Å²) in [5.74, 6) is -1.54. The molecule has 0 amide bonds. The Kier molecular flexibility index (Phi) is 40.7. The van der Waals surface area contributed by atoms with Gasteiger partial charge < -0.3 is 23.8 Å². The fourth-order valence-corrected chi connectivity index (χ4v) is 6.71. The van der Waals surface area contributed by atoms with Crippen molar-refractivity contribution in [2.24, 2.45) is 0 Å². The molecule has 0 aromatic carbocycles. The summed E-state index contributed by atoms with van der Waals surface area (Å²) in [4.78, 5) is 37.1. The van der Waals surface area contributed by atoms with Crippen LogP contribution in [0.4, 0.5) is 0 Å². The Morgan fingerprint density at radius 3 is 1.43 bits per heavy atom. The maximum Gasteiger partial charge on any atom is 0.362 e. The molecule has 0 aliphatic carbocycles. The number of unbranched alkanes of at least 4 members (excludes halogenated alkanes) is 19. The molecule has 0 saturated carbocycles. The van der Waals surface area contributed by atoms with Crippen LogP contribution in [-0.2, 0) is 28.6 Å². The first kappa shape index (κ1) is 57.5. The fraction of sp³-hybridized carbons (Fsp3) is 0.679. The number of nitrogens with zero attached hydrogens (tertiary/aromatic N) is 1. The van der Waals surface area contributed by atoms with Gasteiger partial charge in [0.2, 0.25) is 0 Å². The molecule has 348 valence electrons. The maximum atomic E-state index is 12.7. The van der Waals surface area contributed by atoms with E-state index in [0.29, 0.717) is 19.3 Å². The van der Waals surface area contributed by atoms with Gasteiger partial charge in [-0.1, -0.05) is 189 Å². The Bertz CT molecular complexity index is 1270. The third kappa shape index (κ3) is 41.6. The van der Waals surface area contributed by atoms with E-state index in [9.17, 15) is 19.5 Å². The second kappa shape index (κ2) is 43.2. The molecule has 2 atom stereocenters. The van der Waals surface area contributed by atoms with Crippen molar-refractivity contribution in [2.45, 2.75) is 193 Å². The summed E-state index contributed by atoms with van der Waals surface area (Å²) in [6.07, 6.45) is 56.3. The zero-order valence-electron chi connectivity index (χ0n) is 39.6. The fourth-order valence-electron chi connectivity index (χ4n) is 6.71. The van der Waals surface area contributed by atoms with Gasteiger partial charge in [-0.15, -0.1) is 0 Å². The third-order valence-corrected chi connectivity index (χ3v) is 10.4. The van der Waals surface area contributed by atoms with Gasteiger partial charge >= 0.3 is 17.9 Å². The number of quaternary nitrogens is 1. The summed E-state index contributed by atoms with van der Waals surface area (Å²) in [5, 5.41) is 9.64. The van der Waals surface area contributed by atoms with E-state index in [2.05, 4.69) is 38.2 Å². The average Bonchev–Trinajstić information content (AvgIpc) is 3.22. The van der Waals surface area contributed by atoms with Crippen LogP contribution in [0.5, 0.6) is 0 Å². The first-order chi connectivity index (χ1) is 29.6. The van der Waals surface area contributed by atoms with Gasteiger partial charge in [-0.25, -0.2) is 4.79 Å². The molecule has 0 bridgehead atoms. The van der Waals surface area contributed by atoms with Crippen molar-refractivity contribution in [1.29, 1.82) is 0 Å². The van der Waals surface area contributed by atoms with Crippen LogP contribution in [0.15, 0.2) is 85.1 Å². The van der Waals surface area contributed by atoms with Crippen LogP contribution in [0.2, 0.25) is 0 Å². The predicted molar refractivity (Wildman–Crippen MR) is 256 cm³/mol. The van der Waals surface area contributed by atoms with Gasteiger partial charge in [-0.3, -0.25) is 9.59 Å². The molecule has 0 radical (unpaired) electrons. The normalized spacial score (nSPS) is 13.7. The van der Waals surface area contributed by atoms with Crippen LogP contribution in [-0.4, -0.2) is 80.6 Å². The molecule has 8 nitrogen and oxygen atoms in total. The number of carbonyl (C=O) groups is 3. The van der Waals surface area contributed by atoms with Crippen molar-refractivity contribution in [2.75, 3.05) is 41.0 Å². The zero-order valence-corrected chi connectivity index (χ0v) is 39.6. The summed E-state index contributed by atoms with van der Waals surface area (Å²) in [6.45, 7) is 4.54. The van der Waals surface area contributed by atoms with Crippen molar-refractivity contribution >= 4 is 17.9 Å². The maximum absolute atomic E-state index is 12.7. The molecule has 61 heavy (non-hydrogen) atoms. The number of hydrogen-bond acceptors (Lipinski definition) is 6. The zero-order chi connectivity index (χ0) is 44.9. The molecular formula is C53H90NO7+. The molecule has 0 aromatic heterocycles. The second-order valence-electron chi connectivity index (χ2n) is 17.1. The Labute approximate surface area is 373 Å². The Balaban J connectivity index is 4.37. The number of allylic oxidation sites excluding steroid dienone is 14. The Hall–Kier alpha value is -3.49. The van der Waals surface area contributed by atoms with Crippen LogP contribution >= 0.6 is 0 Å². The number of carboxylic acids is 1. The molecule has 0 aliphatic rings. The minimum Gasteiger partial charge on any atom is -0.477 e. The van der Waals surface area contributed by atoms with Crippen molar-refractivity contribution in [3.05, 3.63) is 85.1 Å². The highest BCUT2D eigenvalue weighted by Crippen LogP contribution is 2.14. The Morgan fingerprint density at radius 2 is 0.934 bits per heavy atom. The minimum absolute atomic E-state index is 0.0368. The quantitative estimate of drug-likeness (QED) is 0.0215. The van der Waals surface area contributed by atoms with Crippen LogP contribution in [0.25, 0.3) is 0 Å². The highest BCUT2D eigenvalue weighted by Gasteiger charge is 2.31. The first-order valence-electron chi connectivity index (χ1n) is 24.2. The van der Waals surface area contributed by atoms with E-state index < -0.39 is 18.1 Å². The van der Waals surface area contributed by atoms with Crippen molar-refractivity contribution in [1.82, 2.24) is 0 Å². The molecule has 0 aliphatic heterocycles. The highest BCUT2D eigenvalue weighted by molar-refractivity contribution is 5.72. The average molecular weight is 853 g/mol. The van der Waals surface area contributed by atoms with Gasteiger partial charge in [0.25, 0.3) is 0 Å². The largest absolute Gasteiger partial charge is 0.477 e. The van der Waals surface area contributed by atoms with Gasteiger partial charge in [0.15, 0.2) is 12.1 Å². The molecule has 0 aromatic rings. The molecule has 0 spiro atoms. The van der Waals surface area contributed by atoms with E-state index in [0.717, 1.165) is 44.9 Å². The number of hydrogen-bond donors (Lipinski definition) is 1. The topological polar surface area (TPSA) is 99.1 Å². The number of esters is 2. The monoisotopic (exact) mass is 853 g/mol. The van der Waals surface area contributed by atoms with E-state index in [1.807, 2.05) is 81.9 Å². The molecule has 1 N–H and O–H groups in total. The lowest BCUT2D eigenvalue weighted by Crippen LogP contribution is -2.50. The molecule has 8 heteroatoms. The summed E-state index contributed by atoms with van der Waals surface area (Å²) < 4.78 is 17.3. The van der Waals surface area contributed by atoms with Gasteiger partial charge in [-0.05, 0) is 57.8 Å². The lowest BCUT2D eigenvalue weighted by Gasteiger charge is -2.31. The van der Waals surface area contributed by atoms with Crippen molar-refractivity contribution in [3.8, 4) is 0 Å². The SMILES string of the molecule is CC/C=C/C=C/C=C/C=C/C=C/C=C/CCCCCC(=O)OC(COCCC(C(=O)O)[N+](C)(C)C)COC(=O)CCCCCCCCC/C=C/CCCCCCCCCCC. The number of carboxylic acid groups (broad SMARTS) is 1. The number of rotatable bonds is 42. The number of aliphatic carboxylic acids is 1. The summed E-state index contributed by atoms with van der Waals surface area (Å²) in [6, 6.07) is -0.629. The predicted octanol–water partition coefficient (Wildman–Crippen LogP) is 13.7. The van der Waals surface area contributed by atoms with E-state index in [1.165, 1.54) is 96.3 Å². The van der Waals surface area contributed by atoms with Crippen LogP contribution in [0.1, 0.15) is 181 Å². The number of carbonyl (C=O) groups excluding carboxylic acids is 2. The van der Waals surface area contributed by atoms with Crippen molar-refractivity contribution < 1.29 is 38.2 Å². The van der Waals surface area contributed by atoms with Gasteiger partial charge in [-0.2, -0.15) is 0 Å². The smallest absolute Gasteiger partial charge is 0.362 e. The van der Waals surface area contributed by atoms with E-state index in [4.69, 9.17) is 14.2 Å². The van der Waals surface area contributed by atoms with E-state index in [1.54, 1.807) is 0 Å². The first-order valence-corrected chi connectivity index (χ1v) is 24.2. The van der Waals surface area contributed by atoms with Gasteiger partial charge in [0.05, 0.1) is 34.4 Å². The van der Waals surface area contributed by atoms with Crippen molar-refractivity contribution in [3.63, 3.8) is 0 Å². The Morgan fingerprint density at radius 1 is 0.508 bits per heavy atom.